The van der Waals surface area contributed by atoms with Crippen molar-refractivity contribution >= 4 is 62.5 Å². The van der Waals surface area contributed by atoms with E-state index in [0.717, 1.165) is 9.90 Å². The van der Waals surface area contributed by atoms with Crippen LogP contribution in [0.2, 0.25) is 0 Å². The van der Waals surface area contributed by atoms with Crippen LogP contribution in [0.3, 0.4) is 0 Å². The summed E-state index contributed by atoms with van der Waals surface area (Å²) in [6.45, 7) is 3.61. The molecule has 0 fully saturated rings. The Kier molecular flexibility index (Phi) is 6.90. The number of thioether (sulfide) groups is 1. The van der Waals surface area contributed by atoms with Crippen molar-refractivity contribution in [1.29, 1.82) is 0 Å². The van der Waals surface area contributed by atoms with E-state index in [1.807, 2.05) is 19.1 Å². The Balaban J connectivity index is 1.44. The highest BCUT2D eigenvalue weighted by atomic mass is 32.2. The fraction of sp³-hybridized carbons (Fsp3) is 0.125. The average molecular weight is 493 g/mol. The molecule has 4 aromatic rings. The Morgan fingerprint density at radius 2 is 1.62 bits per heavy atom. The van der Waals surface area contributed by atoms with Crippen molar-refractivity contribution in [3.8, 4) is 0 Å². The topological polar surface area (TPSA) is 121 Å². The first-order valence-electron chi connectivity index (χ1n) is 10.3. The minimum Gasteiger partial charge on any atom is -0.478 e. The van der Waals surface area contributed by atoms with Gasteiger partial charge in [0.05, 0.1) is 10.8 Å². The number of amides is 2. The Labute approximate surface area is 203 Å². The smallest absolute Gasteiger partial charge is 0.336 e. The Morgan fingerprint density at radius 1 is 0.941 bits per heavy atom. The van der Waals surface area contributed by atoms with Gasteiger partial charge in [-0.1, -0.05) is 35.6 Å². The maximum atomic E-state index is 13.0. The molecule has 1 aromatic heterocycles. The molecule has 1 atom stereocenters. The van der Waals surface area contributed by atoms with Crippen LogP contribution in [0.4, 0.5) is 10.8 Å². The number of anilines is 2. The summed E-state index contributed by atoms with van der Waals surface area (Å²) in [6, 6.07) is 17.1. The third-order valence-corrected chi connectivity index (χ3v) is 6.80. The predicted octanol–water partition coefficient (Wildman–Crippen LogP) is 5.07. The molecular formula is C24H20N4O4S2. The van der Waals surface area contributed by atoms with Gasteiger partial charge in [-0.15, -0.1) is 22.0 Å². The standard InChI is InChI=1S/C24H20N4O4S2/c1-13(21(29)26-24-28-27-14(2)34-24)33-17-11-9-16(10-12-17)25-22(30)18-7-3-5-15-6-4-8-19(20(15)18)23(31)32/h3-13H,1-2H3,(H,25,30)(H,31,32)(H,26,28,29). The maximum Gasteiger partial charge on any atom is 0.336 e. The van der Waals surface area contributed by atoms with Crippen LogP contribution in [0.25, 0.3) is 10.8 Å². The van der Waals surface area contributed by atoms with E-state index in [4.69, 9.17) is 0 Å². The molecule has 172 valence electrons. The number of carbonyl (C=O) groups excluding carboxylic acids is 2. The minimum atomic E-state index is -1.09. The SMILES string of the molecule is Cc1nnc(NC(=O)C(C)Sc2ccc(NC(=O)c3cccc4cccc(C(=O)O)c34)cc2)s1. The fourth-order valence-corrected chi connectivity index (χ4v) is 4.80. The van der Waals surface area contributed by atoms with E-state index in [0.29, 0.717) is 21.6 Å². The zero-order valence-electron chi connectivity index (χ0n) is 18.2. The molecule has 0 saturated heterocycles. The monoisotopic (exact) mass is 492 g/mol. The van der Waals surface area contributed by atoms with E-state index in [-0.39, 0.29) is 22.3 Å². The van der Waals surface area contributed by atoms with Crippen molar-refractivity contribution in [1.82, 2.24) is 10.2 Å². The largest absolute Gasteiger partial charge is 0.478 e. The van der Waals surface area contributed by atoms with E-state index in [1.54, 1.807) is 49.4 Å². The van der Waals surface area contributed by atoms with Gasteiger partial charge in [0.1, 0.15) is 5.01 Å². The Hall–Kier alpha value is -3.76. The lowest BCUT2D eigenvalue weighted by Crippen LogP contribution is -2.22. The van der Waals surface area contributed by atoms with Crippen LogP contribution in [0, 0.1) is 6.92 Å². The average Bonchev–Trinajstić information content (AvgIpc) is 3.23. The maximum absolute atomic E-state index is 13.0. The van der Waals surface area contributed by atoms with Crippen LogP contribution < -0.4 is 10.6 Å². The van der Waals surface area contributed by atoms with Gasteiger partial charge in [-0.2, -0.15) is 0 Å². The second kappa shape index (κ2) is 10.0. The lowest BCUT2D eigenvalue weighted by molar-refractivity contribution is -0.115. The predicted molar refractivity (Wildman–Crippen MR) is 134 cm³/mol. The number of carbonyl (C=O) groups is 3. The van der Waals surface area contributed by atoms with Crippen LogP contribution in [-0.4, -0.2) is 38.3 Å². The number of aromatic nitrogens is 2. The lowest BCUT2D eigenvalue weighted by atomic mass is 9.98. The quantitative estimate of drug-likeness (QED) is 0.308. The van der Waals surface area contributed by atoms with Crippen molar-refractivity contribution in [2.75, 3.05) is 10.6 Å². The van der Waals surface area contributed by atoms with E-state index < -0.39 is 11.9 Å². The summed E-state index contributed by atoms with van der Waals surface area (Å²) in [5, 5.41) is 24.8. The van der Waals surface area contributed by atoms with Crippen LogP contribution in [0.5, 0.6) is 0 Å². The Morgan fingerprint density at radius 3 is 2.24 bits per heavy atom. The first-order valence-corrected chi connectivity index (χ1v) is 12.0. The van der Waals surface area contributed by atoms with Gasteiger partial charge in [0.2, 0.25) is 11.0 Å². The number of aromatic carboxylic acids is 1. The molecule has 3 N–H and O–H groups in total. The number of nitrogens with zero attached hydrogens (tertiary/aromatic N) is 2. The number of aryl methyl sites for hydroxylation is 1. The zero-order chi connectivity index (χ0) is 24.2. The van der Waals surface area contributed by atoms with Gasteiger partial charge in [0.15, 0.2) is 0 Å². The molecule has 0 bridgehead atoms. The second-order valence-electron chi connectivity index (χ2n) is 7.37. The van der Waals surface area contributed by atoms with Crippen molar-refractivity contribution in [2.24, 2.45) is 0 Å². The van der Waals surface area contributed by atoms with E-state index in [1.165, 1.54) is 29.2 Å². The molecule has 1 heterocycles. The molecule has 4 rings (SSSR count). The molecule has 0 aliphatic heterocycles. The normalized spacial score (nSPS) is 11.7. The van der Waals surface area contributed by atoms with Gasteiger partial charge in [-0.05, 0) is 55.6 Å². The number of rotatable bonds is 7. The number of carboxylic acids is 1. The van der Waals surface area contributed by atoms with Gasteiger partial charge >= 0.3 is 5.97 Å². The van der Waals surface area contributed by atoms with Crippen LogP contribution in [0.15, 0.2) is 65.6 Å². The first kappa shape index (κ1) is 23.4. The third kappa shape index (κ3) is 5.24. The second-order valence-corrected chi connectivity index (χ2v) is 9.96. The molecule has 0 aliphatic rings. The van der Waals surface area contributed by atoms with Crippen molar-refractivity contribution in [3.05, 3.63) is 76.8 Å². The summed E-state index contributed by atoms with van der Waals surface area (Å²) in [5.74, 6) is -1.67. The molecule has 0 aliphatic carbocycles. The fourth-order valence-electron chi connectivity index (χ4n) is 3.34. The molecular weight excluding hydrogens is 472 g/mol. The lowest BCUT2D eigenvalue weighted by Gasteiger charge is -2.12. The molecule has 0 saturated carbocycles. The summed E-state index contributed by atoms with van der Waals surface area (Å²) in [4.78, 5) is 37.9. The van der Waals surface area contributed by atoms with Gasteiger partial charge < -0.3 is 10.4 Å². The highest BCUT2D eigenvalue weighted by Gasteiger charge is 2.18. The highest BCUT2D eigenvalue weighted by Crippen LogP contribution is 2.27. The zero-order valence-corrected chi connectivity index (χ0v) is 19.9. The summed E-state index contributed by atoms with van der Waals surface area (Å²) in [6.07, 6.45) is 0. The number of benzene rings is 3. The summed E-state index contributed by atoms with van der Waals surface area (Å²) in [7, 11) is 0. The first-order chi connectivity index (χ1) is 16.3. The summed E-state index contributed by atoms with van der Waals surface area (Å²) < 4.78 is 0. The van der Waals surface area contributed by atoms with Crippen LogP contribution >= 0.6 is 23.1 Å². The summed E-state index contributed by atoms with van der Waals surface area (Å²) >= 11 is 2.69. The van der Waals surface area contributed by atoms with Crippen LogP contribution in [-0.2, 0) is 4.79 Å². The highest BCUT2D eigenvalue weighted by molar-refractivity contribution is 8.00. The molecule has 10 heteroatoms. The van der Waals surface area contributed by atoms with E-state index in [2.05, 4.69) is 20.8 Å². The Bertz CT molecular complexity index is 1380. The molecule has 8 nitrogen and oxygen atoms in total. The molecule has 2 amide bonds. The van der Waals surface area contributed by atoms with Crippen molar-refractivity contribution in [3.63, 3.8) is 0 Å². The number of hydrogen-bond donors (Lipinski definition) is 3. The van der Waals surface area contributed by atoms with Gasteiger partial charge in [0.25, 0.3) is 5.91 Å². The van der Waals surface area contributed by atoms with Gasteiger partial charge in [0, 0.05) is 21.5 Å². The molecule has 34 heavy (non-hydrogen) atoms. The van der Waals surface area contributed by atoms with Gasteiger partial charge in [-0.3, -0.25) is 14.9 Å². The third-order valence-electron chi connectivity index (χ3n) is 4.93. The van der Waals surface area contributed by atoms with Crippen molar-refractivity contribution < 1.29 is 19.5 Å². The number of carboxylic acid groups (broad SMARTS) is 1. The molecule has 0 radical (unpaired) electrons. The van der Waals surface area contributed by atoms with E-state index in [9.17, 15) is 19.5 Å². The molecule has 0 spiro atoms. The summed E-state index contributed by atoms with van der Waals surface area (Å²) in [5.41, 5.74) is 0.915. The molecule has 1 unspecified atom stereocenters. The minimum absolute atomic E-state index is 0.0750. The van der Waals surface area contributed by atoms with Gasteiger partial charge in [-0.25, -0.2) is 4.79 Å². The van der Waals surface area contributed by atoms with Crippen molar-refractivity contribution in [2.45, 2.75) is 24.0 Å². The number of nitrogens with one attached hydrogen (secondary N) is 2. The molecule has 3 aromatic carbocycles. The van der Waals surface area contributed by atoms with Crippen LogP contribution in [0.1, 0.15) is 32.6 Å². The number of hydrogen-bond acceptors (Lipinski definition) is 7. The number of fused-ring (bicyclic) bond motifs is 1. The van der Waals surface area contributed by atoms with E-state index >= 15 is 0 Å².